The predicted octanol–water partition coefficient (Wildman–Crippen LogP) is -0.698. The fourth-order valence-corrected chi connectivity index (χ4v) is 2.04. The Kier molecular flexibility index (Phi) is 4.01. The van der Waals surface area contributed by atoms with Gasteiger partial charge in [0.1, 0.15) is 0 Å². The van der Waals surface area contributed by atoms with Gasteiger partial charge in [0.25, 0.3) is 0 Å². The molecule has 2 aliphatic rings. The molecule has 0 unspecified atom stereocenters. The van der Waals surface area contributed by atoms with Gasteiger partial charge in [-0.3, -0.25) is 10.9 Å². The van der Waals surface area contributed by atoms with Crippen molar-refractivity contribution >= 4 is 7.69 Å². The van der Waals surface area contributed by atoms with E-state index < -0.39 is 0 Å². The minimum Gasteiger partial charge on any atom is -0.429 e. The SMILES string of the molecule is C1CCC2(C1)CCNN2.O[B]O. The summed E-state index contributed by atoms with van der Waals surface area (Å²) in [6.45, 7) is 1.17. The topological polar surface area (TPSA) is 64.5 Å². The number of hydrogen-bond donors (Lipinski definition) is 4. The summed E-state index contributed by atoms with van der Waals surface area (Å²) in [4.78, 5) is 0. The highest BCUT2D eigenvalue weighted by atomic mass is 16.4. The molecule has 1 saturated carbocycles. The molecule has 1 saturated heterocycles. The number of hydrogen-bond acceptors (Lipinski definition) is 4. The van der Waals surface area contributed by atoms with E-state index in [4.69, 9.17) is 10.0 Å². The lowest BCUT2D eigenvalue weighted by molar-refractivity contribution is 0.367. The summed E-state index contributed by atoms with van der Waals surface area (Å²) >= 11 is 0. The fourth-order valence-electron chi connectivity index (χ4n) is 2.04. The maximum absolute atomic E-state index is 7.00. The molecular formula is C7H16BN2O2. The highest BCUT2D eigenvalue weighted by Gasteiger charge is 2.35. The quantitative estimate of drug-likeness (QED) is 0.364. The van der Waals surface area contributed by atoms with Gasteiger partial charge in [-0.15, -0.1) is 0 Å². The Labute approximate surface area is 73.6 Å². The van der Waals surface area contributed by atoms with Crippen LogP contribution in [-0.4, -0.2) is 29.8 Å². The van der Waals surface area contributed by atoms with Crippen LogP contribution in [0.1, 0.15) is 32.1 Å². The largest absolute Gasteiger partial charge is 0.482 e. The molecule has 2 rings (SSSR count). The molecule has 1 aliphatic carbocycles. The van der Waals surface area contributed by atoms with Crippen LogP contribution in [-0.2, 0) is 0 Å². The molecule has 4 N–H and O–H groups in total. The summed E-state index contributed by atoms with van der Waals surface area (Å²) in [6.07, 6.45) is 6.97. The molecule has 12 heavy (non-hydrogen) atoms. The summed E-state index contributed by atoms with van der Waals surface area (Å²) < 4.78 is 0. The van der Waals surface area contributed by atoms with Crippen LogP contribution in [0.3, 0.4) is 0 Å². The van der Waals surface area contributed by atoms with Crippen LogP contribution in [0, 0.1) is 0 Å². The van der Waals surface area contributed by atoms with Gasteiger partial charge in [0.2, 0.25) is 0 Å². The summed E-state index contributed by atoms with van der Waals surface area (Å²) in [5.41, 5.74) is 7.11. The van der Waals surface area contributed by atoms with Crippen LogP contribution < -0.4 is 10.9 Å². The van der Waals surface area contributed by atoms with Crippen molar-refractivity contribution in [2.45, 2.75) is 37.6 Å². The normalized spacial score (nSPS) is 25.2. The molecule has 2 fully saturated rings. The third-order valence-electron chi connectivity index (χ3n) is 2.64. The Morgan fingerprint density at radius 3 is 2.08 bits per heavy atom. The van der Waals surface area contributed by atoms with Gasteiger partial charge >= 0.3 is 7.69 Å². The van der Waals surface area contributed by atoms with Crippen LogP contribution in [0.2, 0.25) is 0 Å². The van der Waals surface area contributed by atoms with Gasteiger partial charge < -0.3 is 10.0 Å². The van der Waals surface area contributed by atoms with Crippen LogP contribution in [0.5, 0.6) is 0 Å². The molecule has 4 nitrogen and oxygen atoms in total. The summed E-state index contributed by atoms with van der Waals surface area (Å²) in [6, 6.07) is 0. The van der Waals surface area contributed by atoms with Gasteiger partial charge in [0.05, 0.1) is 0 Å². The molecule has 0 amide bonds. The molecule has 1 heterocycles. The number of rotatable bonds is 0. The van der Waals surface area contributed by atoms with Crippen molar-refractivity contribution in [1.29, 1.82) is 0 Å². The lowest BCUT2D eigenvalue weighted by Crippen LogP contribution is -2.40. The second-order valence-electron chi connectivity index (χ2n) is 3.40. The fraction of sp³-hybridized carbons (Fsp3) is 1.00. The zero-order valence-electron chi connectivity index (χ0n) is 7.21. The van der Waals surface area contributed by atoms with Crippen LogP contribution in [0.15, 0.2) is 0 Å². The third kappa shape index (κ3) is 2.45. The second kappa shape index (κ2) is 4.82. The summed E-state index contributed by atoms with van der Waals surface area (Å²) in [5.74, 6) is 0. The van der Waals surface area contributed by atoms with Gasteiger partial charge in [0.15, 0.2) is 0 Å². The first-order valence-electron chi connectivity index (χ1n) is 4.43. The average Bonchev–Trinajstić information content (AvgIpc) is 2.66. The Bertz CT molecular complexity index is 105. The maximum atomic E-state index is 7.00. The summed E-state index contributed by atoms with van der Waals surface area (Å²) in [7, 11) is 0. The molecule has 0 aromatic carbocycles. The van der Waals surface area contributed by atoms with E-state index in [9.17, 15) is 0 Å². The molecule has 1 spiro atoms. The van der Waals surface area contributed by atoms with Crippen molar-refractivity contribution in [2.24, 2.45) is 0 Å². The molecule has 0 aromatic heterocycles. The van der Waals surface area contributed by atoms with Crippen molar-refractivity contribution < 1.29 is 10.0 Å². The predicted molar refractivity (Wildman–Crippen MR) is 47.1 cm³/mol. The first kappa shape index (κ1) is 9.99. The van der Waals surface area contributed by atoms with E-state index in [-0.39, 0.29) is 7.69 Å². The van der Waals surface area contributed by atoms with Gasteiger partial charge in [-0.25, -0.2) is 0 Å². The standard InChI is InChI=1S/C7H14N2.BH2O2/c1-2-4-7(3-1)5-6-8-9-7;2-1-3/h8-9H,1-6H2;2-3H. The second-order valence-corrected chi connectivity index (χ2v) is 3.40. The van der Waals surface area contributed by atoms with Gasteiger partial charge in [0, 0.05) is 12.1 Å². The smallest absolute Gasteiger partial charge is 0.429 e. The monoisotopic (exact) mass is 171 g/mol. The van der Waals surface area contributed by atoms with Crippen molar-refractivity contribution in [3.8, 4) is 0 Å². The Balaban J connectivity index is 0.000000213. The molecule has 0 aromatic rings. The maximum Gasteiger partial charge on any atom is 0.482 e. The Hall–Kier alpha value is -0.0951. The van der Waals surface area contributed by atoms with E-state index in [2.05, 4.69) is 10.9 Å². The van der Waals surface area contributed by atoms with Crippen molar-refractivity contribution in [2.75, 3.05) is 6.54 Å². The van der Waals surface area contributed by atoms with E-state index in [1.165, 1.54) is 38.6 Å². The van der Waals surface area contributed by atoms with Crippen molar-refractivity contribution in [1.82, 2.24) is 10.9 Å². The van der Waals surface area contributed by atoms with E-state index in [0.717, 1.165) is 0 Å². The lowest BCUT2D eigenvalue weighted by Gasteiger charge is -2.20. The highest BCUT2D eigenvalue weighted by molar-refractivity contribution is 6.13. The van der Waals surface area contributed by atoms with Gasteiger partial charge in [-0.05, 0) is 19.3 Å². The van der Waals surface area contributed by atoms with Crippen LogP contribution in [0.4, 0.5) is 0 Å². The number of nitrogens with one attached hydrogen (secondary N) is 2. The van der Waals surface area contributed by atoms with Crippen molar-refractivity contribution in [3.05, 3.63) is 0 Å². The first-order chi connectivity index (χ1) is 5.83. The van der Waals surface area contributed by atoms with Crippen LogP contribution >= 0.6 is 0 Å². The highest BCUT2D eigenvalue weighted by Crippen LogP contribution is 2.33. The molecular weight excluding hydrogens is 155 g/mol. The molecule has 1 aliphatic heterocycles. The molecule has 0 atom stereocenters. The minimum atomic E-state index is 0. The number of hydrazine groups is 1. The third-order valence-corrected chi connectivity index (χ3v) is 2.64. The zero-order chi connectivity index (χ0) is 8.86. The Morgan fingerprint density at radius 1 is 1.08 bits per heavy atom. The first-order valence-corrected chi connectivity index (χ1v) is 4.43. The molecule has 1 radical (unpaired) electrons. The Morgan fingerprint density at radius 2 is 1.67 bits per heavy atom. The van der Waals surface area contributed by atoms with E-state index in [0.29, 0.717) is 5.54 Å². The van der Waals surface area contributed by atoms with E-state index >= 15 is 0 Å². The molecule has 0 bridgehead atoms. The average molecular weight is 171 g/mol. The zero-order valence-corrected chi connectivity index (χ0v) is 7.21. The minimum absolute atomic E-state index is 0. The van der Waals surface area contributed by atoms with E-state index in [1.807, 2.05) is 0 Å². The van der Waals surface area contributed by atoms with Crippen LogP contribution in [0.25, 0.3) is 0 Å². The van der Waals surface area contributed by atoms with Gasteiger partial charge in [-0.1, -0.05) is 12.8 Å². The van der Waals surface area contributed by atoms with E-state index in [1.54, 1.807) is 0 Å². The lowest BCUT2D eigenvalue weighted by atomic mass is 9.96. The molecule has 69 valence electrons. The van der Waals surface area contributed by atoms with Crippen molar-refractivity contribution in [3.63, 3.8) is 0 Å². The summed E-state index contributed by atoms with van der Waals surface area (Å²) in [5, 5.41) is 14.0. The molecule has 5 heteroatoms. The van der Waals surface area contributed by atoms with Gasteiger partial charge in [-0.2, -0.15) is 0 Å².